The first kappa shape index (κ1) is 11.6. The highest BCUT2D eigenvalue weighted by Gasteiger charge is 2.33. The van der Waals surface area contributed by atoms with Crippen LogP contribution in [0.4, 0.5) is 0 Å². The van der Waals surface area contributed by atoms with Crippen LogP contribution in [0, 0.1) is 0 Å². The maximum atomic E-state index is 10.7. The van der Waals surface area contributed by atoms with Gasteiger partial charge in [-0.2, -0.15) is 0 Å². The molecule has 3 heterocycles. The maximum Gasteiger partial charge on any atom is 0.337 e. The Hall–Kier alpha value is -1.46. The standard InChI is InChI=1S/C13H16N2O3/c16-13(17)9-1-2-10(14-5-9)6-15-7-11-3-4-12(8-15)18-11/h1-2,5,11-12H,3-4,6-8H2,(H,16,17). The van der Waals surface area contributed by atoms with Gasteiger partial charge in [0.25, 0.3) is 0 Å². The smallest absolute Gasteiger partial charge is 0.337 e. The fraction of sp³-hybridized carbons (Fsp3) is 0.538. The van der Waals surface area contributed by atoms with E-state index >= 15 is 0 Å². The number of carbonyl (C=O) groups is 1. The minimum absolute atomic E-state index is 0.237. The maximum absolute atomic E-state index is 10.7. The van der Waals surface area contributed by atoms with Gasteiger partial charge in [-0.05, 0) is 25.0 Å². The second kappa shape index (κ2) is 4.66. The number of rotatable bonds is 3. The van der Waals surface area contributed by atoms with Crippen molar-refractivity contribution in [1.82, 2.24) is 9.88 Å². The van der Waals surface area contributed by atoms with E-state index in [-0.39, 0.29) is 5.56 Å². The topological polar surface area (TPSA) is 62.7 Å². The van der Waals surface area contributed by atoms with Gasteiger partial charge in [-0.15, -0.1) is 0 Å². The molecule has 0 saturated carbocycles. The number of fused-ring (bicyclic) bond motifs is 2. The fourth-order valence-electron chi connectivity index (χ4n) is 2.70. The van der Waals surface area contributed by atoms with Crippen LogP contribution in [0.15, 0.2) is 18.3 Å². The molecule has 2 atom stereocenters. The normalized spacial score (nSPS) is 27.3. The number of carboxylic acid groups (broad SMARTS) is 1. The molecule has 0 aliphatic carbocycles. The lowest BCUT2D eigenvalue weighted by molar-refractivity contribution is -0.0413. The minimum Gasteiger partial charge on any atom is -0.478 e. The van der Waals surface area contributed by atoms with Crippen molar-refractivity contribution in [1.29, 1.82) is 0 Å². The fourth-order valence-corrected chi connectivity index (χ4v) is 2.70. The Morgan fingerprint density at radius 3 is 2.67 bits per heavy atom. The van der Waals surface area contributed by atoms with E-state index in [1.54, 1.807) is 12.1 Å². The molecule has 18 heavy (non-hydrogen) atoms. The predicted octanol–water partition coefficient (Wildman–Crippen LogP) is 1.14. The summed E-state index contributed by atoms with van der Waals surface area (Å²) in [5, 5.41) is 8.81. The van der Waals surface area contributed by atoms with Gasteiger partial charge in [0, 0.05) is 25.8 Å². The zero-order chi connectivity index (χ0) is 12.5. The molecule has 5 nitrogen and oxygen atoms in total. The molecule has 2 aliphatic rings. The van der Waals surface area contributed by atoms with Gasteiger partial charge in [0.1, 0.15) is 0 Å². The summed E-state index contributed by atoms with van der Waals surface area (Å²) in [5.41, 5.74) is 1.15. The third kappa shape index (κ3) is 2.37. The number of nitrogens with zero attached hydrogens (tertiary/aromatic N) is 2. The van der Waals surface area contributed by atoms with Crippen LogP contribution in [0.2, 0.25) is 0 Å². The van der Waals surface area contributed by atoms with Crippen molar-refractivity contribution in [3.8, 4) is 0 Å². The van der Waals surface area contributed by atoms with E-state index in [1.165, 1.54) is 6.20 Å². The van der Waals surface area contributed by atoms with Crippen LogP contribution in [-0.4, -0.2) is 46.3 Å². The minimum atomic E-state index is -0.932. The molecule has 1 N–H and O–H groups in total. The molecule has 2 bridgehead atoms. The summed E-state index contributed by atoms with van der Waals surface area (Å²) in [4.78, 5) is 17.3. The van der Waals surface area contributed by atoms with Gasteiger partial charge < -0.3 is 9.84 Å². The third-order valence-electron chi connectivity index (χ3n) is 3.58. The van der Waals surface area contributed by atoms with Crippen molar-refractivity contribution in [2.24, 2.45) is 0 Å². The molecule has 1 aromatic heterocycles. The van der Waals surface area contributed by atoms with Crippen molar-refractivity contribution in [2.45, 2.75) is 31.6 Å². The molecule has 2 saturated heterocycles. The SMILES string of the molecule is O=C(O)c1ccc(CN2CC3CCC(C2)O3)nc1. The highest BCUT2D eigenvalue weighted by molar-refractivity contribution is 5.87. The average molecular weight is 248 g/mol. The summed E-state index contributed by atoms with van der Waals surface area (Å²) in [7, 11) is 0. The zero-order valence-corrected chi connectivity index (χ0v) is 10.1. The first-order valence-electron chi connectivity index (χ1n) is 6.27. The number of pyridine rings is 1. The lowest BCUT2D eigenvalue weighted by Crippen LogP contribution is -2.42. The van der Waals surface area contributed by atoms with Gasteiger partial charge in [0.05, 0.1) is 23.5 Å². The molecule has 3 rings (SSSR count). The van der Waals surface area contributed by atoms with Gasteiger partial charge in [0.2, 0.25) is 0 Å². The van der Waals surface area contributed by atoms with E-state index in [1.807, 2.05) is 0 Å². The van der Waals surface area contributed by atoms with Gasteiger partial charge in [-0.25, -0.2) is 4.79 Å². The Labute approximate surface area is 105 Å². The van der Waals surface area contributed by atoms with E-state index in [0.717, 1.165) is 38.2 Å². The number of ether oxygens (including phenoxy) is 1. The number of hydrogen-bond donors (Lipinski definition) is 1. The van der Waals surface area contributed by atoms with Crippen LogP contribution in [0.5, 0.6) is 0 Å². The van der Waals surface area contributed by atoms with E-state index in [2.05, 4.69) is 9.88 Å². The van der Waals surface area contributed by atoms with Crippen LogP contribution in [0.3, 0.4) is 0 Å². The summed E-state index contributed by atoms with van der Waals surface area (Å²) >= 11 is 0. The molecule has 0 aromatic carbocycles. The van der Waals surface area contributed by atoms with Crippen molar-refractivity contribution < 1.29 is 14.6 Å². The molecule has 96 valence electrons. The van der Waals surface area contributed by atoms with Crippen molar-refractivity contribution in [3.05, 3.63) is 29.6 Å². The molecule has 0 spiro atoms. The number of aromatic nitrogens is 1. The number of hydrogen-bond acceptors (Lipinski definition) is 4. The van der Waals surface area contributed by atoms with Crippen LogP contribution < -0.4 is 0 Å². The predicted molar refractivity (Wildman–Crippen MR) is 64.4 cm³/mol. The summed E-state index contributed by atoms with van der Waals surface area (Å²) in [5.74, 6) is -0.932. The Morgan fingerprint density at radius 1 is 1.39 bits per heavy atom. The number of carboxylic acids is 1. The first-order valence-corrected chi connectivity index (χ1v) is 6.27. The quantitative estimate of drug-likeness (QED) is 0.869. The van der Waals surface area contributed by atoms with Crippen LogP contribution >= 0.6 is 0 Å². The van der Waals surface area contributed by atoms with Crippen molar-refractivity contribution in [2.75, 3.05) is 13.1 Å². The lowest BCUT2D eigenvalue weighted by atomic mass is 10.2. The highest BCUT2D eigenvalue weighted by Crippen LogP contribution is 2.26. The van der Waals surface area contributed by atoms with E-state index in [4.69, 9.17) is 9.84 Å². The van der Waals surface area contributed by atoms with Crippen LogP contribution in [-0.2, 0) is 11.3 Å². The molecule has 1 aromatic rings. The Kier molecular flexibility index (Phi) is 3.01. The summed E-state index contributed by atoms with van der Waals surface area (Å²) in [6, 6.07) is 3.40. The van der Waals surface area contributed by atoms with Gasteiger partial charge in [0.15, 0.2) is 0 Å². The third-order valence-corrected chi connectivity index (χ3v) is 3.58. The average Bonchev–Trinajstić information content (AvgIpc) is 2.69. The Morgan fingerprint density at radius 2 is 2.11 bits per heavy atom. The van der Waals surface area contributed by atoms with Gasteiger partial charge >= 0.3 is 5.97 Å². The Bertz CT molecular complexity index is 434. The molecule has 2 unspecified atom stereocenters. The van der Waals surface area contributed by atoms with Gasteiger partial charge in [-0.1, -0.05) is 0 Å². The largest absolute Gasteiger partial charge is 0.478 e. The van der Waals surface area contributed by atoms with E-state index in [9.17, 15) is 4.79 Å². The second-order valence-electron chi connectivity index (χ2n) is 4.99. The summed E-state index contributed by atoms with van der Waals surface area (Å²) in [6.45, 7) is 2.69. The molecular weight excluding hydrogens is 232 g/mol. The first-order chi connectivity index (χ1) is 8.70. The number of likely N-dealkylation sites (tertiary alicyclic amines) is 1. The lowest BCUT2D eigenvalue weighted by Gasteiger charge is -2.31. The summed E-state index contributed by atoms with van der Waals surface area (Å²) < 4.78 is 5.78. The highest BCUT2D eigenvalue weighted by atomic mass is 16.5. The van der Waals surface area contributed by atoms with E-state index in [0.29, 0.717) is 12.2 Å². The molecule has 2 fully saturated rings. The Balaban J connectivity index is 1.64. The molecular formula is C13H16N2O3. The summed E-state index contributed by atoms with van der Waals surface area (Å²) in [6.07, 6.45) is 4.50. The van der Waals surface area contributed by atoms with Crippen LogP contribution in [0.1, 0.15) is 28.9 Å². The van der Waals surface area contributed by atoms with E-state index < -0.39 is 5.97 Å². The zero-order valence-electron chi connectivity index (χ0n) is 10.1. The molecule has 0 radical (unpaired) electrons. The monoisotopic (exact) mass is 248 g/mol. The van der Waals surface area contributed by atoms with Crippen molar-refractivity contribution in [3.63, 3.8) is 0 Å². The van der Waals surface area contributed by atoms with Gasteiger partial charge in [-0.3, -0.25) is 9.88 Å². The molecule has 0 amide bonds. The second-order valence-corrected chi connectivity index (χ2v) is 4.99. The number of morpholine rings is 1. The van der Waals surface area contributed by atoms with Crippen LogP contribution in [0.25, 0.3) is 0 Å². The molecule has 5 heteroatoms. The van der Waals surface area contributed by atoms with Crippen molar-refractivity contribution >= 4 is 5.97 Å². The number of aromatic carboxylic acids is 1. The molecule has 2 aliphatic heterocycles.